The third kappa shape index (κ3) is 7.55. The van der Waals surface area contributed by atoms with Crippen LogP contribution in [0.25, 0.3) is 0 Å². The summed E-state index contributed by atoms with van der Waals surface area (Å²) < 4.78 is 31.1. The van der Waals surface area contributed by atoms with Gasteiger partial charge in [0.25, 0.3) is 5.91 Å². The van der Waals surface area contributed by atoms with Crippen LogP contribution < -0.4 is 15.4 Å². The molecule has 9 heteroatoms. The molecular weight excluding hydrogens is 358 g/mol. The number of rotatable bonds is 7. The summed E-state index contributed by atoms with van der Waals surface area (Å²) in [5.41, 5.74) is -0.303. The Morgan fingerprint density at radius 1 is 1.12 bits per heavy atom. The van der Waals surface area contributed by atoms with E-state index < -0.39 is 27.6 Å². The molecule has 0 aromatic heterocycles. The van der Waals surface area contributed by atoms with E-state index in [2.05, 4.69) is 21.3 Å². The van der Waals surface area contributed by atoms with Crippen molar-refractivity contribution in [1.29, 1.82) is 0 Å². The first-order valence-electron chi connectivity index (χ1n) is 7.83. The van der Waals surface area contributed by atoms with Crippen LogP contribution >= 0.6 is 0 Å². The zero-order valence-electron chi connectivity index (χ0n) is 15.0. The van der Waals surface area contributed by atoms with Crippen molar-refractivity contribution in [2.45, 2.75) is 31.3 Å². The zero-order chi connectivity index (χ0) is 19.8. The minimum absolute atomic E-state index is 0.0101. The van der Waals surface area contributed by atoms with Gasteiger partial charge in [-0.3, -0.25) is 4.79 Å². The summed E-state index contributed by atoms with van der Waals surface area (Å²) in [6.45, 7) is 5.53. The second kappa shape index (κ2) is 9.22. The van der Waals surface area contributed by atoms with E-state index in [1.54, 1.807) is 20.8 Å². The van der Waals surface area contributed by atoms with E-state index >= 15 is 0 Å². The maximum Gasteiger partial charge on any atom is 0.407 e. The number of terminal acetylenes is 1. The van der Waals surface area contributed by atoms with Gasteiger partial charge in [-0.25, -0.2) is 13.2 Å². The lowest BCUT2D eigenvalue weighted by molar-refractivity contribution is 0.0526. The highest BCUT2D eigenvalue weighted by Gasteiger charge is 2.16. The quantitative estimate of drug-likeness (QED) is 0.479. The van der Waals surface area contributed by atoms with E-state index in [1.165, 1.54) is 24.3 Å². The first-order valence-corrected chi connectivity index (χ1v) is 9.32. The maximum absolute atomic E-state index is 12.0. The van der Waals surface area contributed by atoms with Gasteiger partial charge in [-0.15, -0.1) is 6.42 Å². The second-order valence-electron chi connectivity index (χ2n) is 6.24. The fourth-order valence-electron chi connectivity index (χ4n) is 1.76. The summed E-state index contributed by atoms with van der Waals surface area (Å²) in [4.78, 5) is 23.5. The largest absolute Gasteiger partial charge is 0.444 e. The average Bonchev–Trinajstić information content (AvgIpc) is 2.55. The van der Waals surface area contributed by atoms with Gasteiger partial charge in [0.1, 0.15) is 5.60 Å². The number of carbonyl (C=O) groups excluding carboxylic acids is 2. The minimum atomic E-state index is -3.70. The molecule has 2 amide bonds. The van der Waals surface area contributed by atoms with Crippen LogP contribution in [0.4, 0.5) is 4.79 Å². The zero-order valence-corrected chi connectivity index (χ0v) is 15.8. The van der Waals surface area contributed by atoms with Crippen LogP contribution in [0, 0.1) is 12.3 Å². The van der Waals surface area contributed by atoms with E-state index in [1.807, 2.05) is 0 Å². The Bertz CT molecular complexity index is 774. The number of sulfonamides is 1. The molecule has 0 aliphatic rings. The minimum Gasteiger partial charge on any atom is -0.444 e. The lowest BCUT2D eigenvalue weighted by Crippen LogP contribution is -2.37. The third-order valence-electron chi connectivity index (χ3n) is 2.87. The van der Waals surface area contributed by atoms with Crippen LogP contribution in [0.3, 0.4) is 0 Å². The molecule has 0 bridgehead atoms. The molecule has 142 valence electrons. The van der Waals surface area contributed by atoms with E-state index in [4.69, 9.17) is 11.2 Å². The lowest BCUT2D eigenvalue weighted by Gasteiger charge is -2.19. The highest BCUT2D eigenvalue weighted by molar-refractivity contribution is 7.89. The number of benzene rings is 1. The summed E-state index contributed by atoms with van der Waals surface area (Å²) >= 11 is 0. The van der Waals surface area contributed by atoms with Gasteiger partial charge >= 0.3 is 6.09 Å². The molecule has 1 aromatic carbocycles. The molecule has 0 atom stereocenters. The first kappa shape index (κ1) is 21.5. The fourth-order valence-corrected chi connectivity index (χ4v) is 2.70. The van der Waals surface area contributed by atoms with Gasteiger partial charge < -0.3 is 15.4 Å². The number of carbonyl (C=O) groups is 2. The highest BCUT2D eigenvalue weighted by Crippen LogP contribution is 2.10. The molecule has 1 rings (SSSR count). The number of hydrogen-bond donors (Lipinski definition) is 3. The predicted molar refractivity (Wildman–Crippen MR) is 97.0 cm³/mol. The standard InChI is InChI=1S/C17H23N3O5S/c1-5-10-20-26(23,24)14-8-6-13(7-9-14)15(21)18-11-12-19-16(22)25-17(2,3)4/h1,6-9,20H,10-12H2,2-4H3,(H,18,21)(H,19,22). The number of alkyl carbamates (subject to hydrolysis) is 1. The summed E-state index contributed by atoms with van der Waals surface area (Å²) in [6.07, 6.45) is 4.45. The molecule has 0 spiro atoms. The summed E-state index contributed by atoms with van der Waals surface area (Å²) in [6, 6.07) is 5.40. The van der Waals surface area contributed by atoms with Crippen LogP contribution in [-0.2, 0) is 14.8 Å². The Hall–Kier alpha value is -2.57. The molecule has 0 fully saturated rings. The molecule has 0 saturated carbocycles. The van der Waals surface area contributed by atoms with Crippen LogP contribution in [0.2, 0.25) is 0 Å². The SMILES string of the molecule is C#CCNS(=O)(=O)c1ccc(C(=O)NCCNC(=O)OC(C)(C)C)cc1. The van der Waals surface area contributed by atoms with Crippen molar-refractivity contribution in [2.24, 2.45) is 0 Å². The van der Waals surface area contributed by atoms with Crippen molar-refractivity contribution in [3.8, 4) is 12.3 Å². The smallest absolute Gasteiger partial charge is 0.407 e. The lowest BCUT2D eigenvalue weighted by atomic mass is 10.2. The molecule has 0 heterocycles. The number of ether oxygens (including phenoxy) is 1. The number of nitrogens with one attached hydrogen (secondary N) is 3. The molecule has 0 aliphatic heterocycles. The van der Waals surface area contributed by atoms with E-state index in [0.717, 1.165) is 0 Å². The van der Waals surface area contributed by atoms with Crippen molar-refractivity contribution >= 4 is 22.0 Å². The van der Waals surface area contributed by atoms with Gasteiger partial charge in [-0.1, -0.05) is 5.92 Å². The Labute approximate surface area is 153 Å². The topological polar surface area (TPSA) is 114 Å². The molecule has 0 radical (unpaired) electrons. The van der Waals surface area contributed by atoms with Gasteiger partial charge in [0.2, 0.25) is 10.0 Å². The van der Waals surface area contributed by atoms with Gasteiger partial charge in [0, 0.05) is 18.7 Å². The van der Waals surface area contributed by atoms with Gasteiger partial charge in [-0.2, -0.15) is 4.72 Å². The monoisotopic (exact) mass is 381 g/mol. The molecule has 8 nitrogen and oxygen atoms in total. The Morgan fingerprint density at radius 3 is 2.23 bits per heavy atom. The number of amides is 2. The maximum atomic E-state index is 12.0. The van der Waals surface area contributed by atoms with Crippen molar-refractivity contribution in [3.05, 3.63) is 29.8 Å². The van der Waals surface area contributed by atoms with Gasteiger partial charge in [0.15, 0.2) is 0 Å². The fraction of sp³-hybridized carbons (Fsp3) is 0.412. The third-order valence-corrected chi connectivity index (χ3v) is 4.29. The molecule has 3 N–H and O–H groups in total. The van der Waals surface area contributed by atoms with Crippen molar-refractivity contribution in [2.75, 3.05) is 19.6 Å². The van der Waals surface area contributed by atoms with Crippen molar-refractivity contribution in [3.63, 3.8) is 0 Å². The second-order valence-corrected chi connectivity index (χ2v) is 8.00. The molecule has 0 aliphatic carbocycles. The first-order chi connectivity index (χ1) is 12.0. The Kier molecular flexibility index (Phi) is 7.61. The van der Waals surface area contributed by atoms with E-state index in [9.17, 15) is 18.0 Å². The van der Waals surface area contributed by atoms with Crippen LogP contribution in [-0.4, -0.2) is 45.7 Å². The summed E-state index contributed by atoms with van der Waals surface area (Å²) in [7, 11) is -3.70. The van der Waals surface area contributed by atoms with E-state index in [0.29, 0.717) is 0 Å². The summed E-state index contributed by atoms with van der Waals surface area (Å²) in [5.74, 6) is 1.79. The summed E-state index contributed by atoms with van der Waals surface area (Å²) in [5, 5.41) is 5.12. The highest BCUT2D eigenvalue weighted by atomic mass is 32.2. The van der Waals surface area contributed by atoms with Crippen molar-refractivity contribution < 1.29 is 22.7 Å². The molecule has 26 heavy (non-hydrogen) atoms. The number of hydrogen-bond acceptors (Lipinski definition) is 5. The van der Waals surface area contributed by atoms with Gasteiger partial charge in [-0.05, 0) is 45.0 Å². The van der Waals surface area contributed by atoms with Crippen LogP contribution in [0.1, 0.15) is 31.1 Å². The Balaban J connectivity index is 2.49. The molecule has 0 unspecified atom stereocenters. The van der Waals surface area contributed by atoms with Crippen molar-refractivity contribution in [1.82, 2.24) is 15.4 Å². The van der Waals surface area contributed by atoms with Crippen LogP contribution in [0.5, 0.6) is 0 Å². The Morgan fingerprint density at radius 2 is 1.69 bits per heavy atom. The average molecular weight is 381 g/mol. The van der Waals surface area contributed by atoms with E-state index in [-0.39, 0.29) is 30.1 Å². The normalized spacial score (nSPS) is 11.3. The van der Waals surface area contributed by atoms with Crippen LogP contribution in [0.15, 0.2) is 29.2 Å². The van der Waals surface area contributed by atoms with Gasteiger partial charge in [0.05, 0.1) is 11.4 Å². The molecule has 0 saturated heterocycles. The predicted octanol–water partition coefficient (Wildman–Crippen LogP) is 0.853. The molecule has 1 aromatic rings. The molecular formula is C17H23N3O5S.